The fraction of sp³-hybridized carbons (Fsp3) is 0.375. The molecule has 1 heterocycles. The number of ether oxygens (including phenoxy) is 1. The summed E-state index contributed by atoms with van der Waals surface area (Å²) in [6, 6.07) is 5.49. The number of rotatable bonds is 7. The summed E-state index contributed by atoms with van der Waals surface area (Å²) in [5, 5.41) is 15.4. The second kappa shape index (κ2) is 7.58. The maximum Gasteiger partial charge on any atom is 0.326 e. The molecule has 0 unspecified atom stereocenters. The van der Waals surface area contributed by atoms with Crippen LogP contribution in [0, 0.1) is 12.8 Å². The van der Waals surface area contributed by atoms with E-state index in [1.807, 2.05) is 0 Å². The monoisotopic (exact) mass is 333 g/mol. The number of hydrogen-bond donors (Lipinski definition) is 2. The Balaban J connectivity index is 2.03. The van der Waals surface area contributed by atoms with Crippen LogP contribution in [-0.2, 0) is 11.4 Å². The van der Waals surface area contributed by atoms with E-state index in [1.54, 1.807) is 39.0 Å². The van der Waals surface area contributed by atoms with E-state index < -0.39 is 17.9 Å². The van der Waals surface area contributed by atoms with Crippen LogP contribution in [0.15, 0.2) is 28.8 Å². The van der Waals surface area contributed by atoms with Gasteiger partial charge in [-0.3, -0.25) is 4.79 Å². The van der Waals surface area contributed by atoms with Crippen molar-refractivity contribution >= 4 is 11.9 Å². The zero-order chi connectivity index (χ0) is 17.7. The highest BCUT2D eigenvalue weighted by molar-refractivity contribution is 5.96. The van der Waals surface area contributed by atoms with Crippen molar-refractivity contribution in [2.24, 2.45) is 5.92 Å². The molecule has 0 radical (unpaired) electrons. The summed E-state index contributed by atoms with van der Waals surface area (Å²) in [6.45, 7) is 5.23. The van der Waals surface area contributed by atoms with Crippen LogP contribution in [0.4, 0.5) is 0 Å². The first-order valence-electron chi connectivity index (χ1n) is 7.42. The molecule has 0 saturated heterocycles. The summed E-state index contributed by atoms with van der Waals surface area (Å²) in [7, 11) is 0. The van der Waals surface area contributed by atoms with Gasteiger partial charge in [-0.25, -0.2) is 4.79 Å². The number of nitrogens with zero attached hydrogens (tertiary/aromatic N) is 2. The molecule has 24 heavy (non-hydrogen) atoms. The lowest BCUT2D eigenvalue weighted by Crippen LogP contribution is -2.44. The number of benzene rings is 1. The largest absolute Gasteiger partial charge is 0.485 e. The third-order valence-electron chi connectivity index (χ3n) is 3.25. The lowest BCUT2D eigenvalue weighted by Gasteiger charge is -2.18. The molecular weight excluding hydrogens is 314 g/mol. The molecule has 0 spiro atoms. The molecule has 2 N–H and O–H groups in total. The smallest absolute Gasteiger partial charge is 0.326 e. The number of carboxylic acids is 1. The van der Waals surface area contributed by atoms with Gasteiger partial charge in [0.05, 0.1) is 0 Å². The number of aliphatic carboxylic acids is 1. The van der Waals surface area contributed by atoms with Crippen molar-refractivity contribution in [1.29, 1.82) is 0 Å². The van der Waals surface area contributed by atoms with Crippen molar-refractivity contribution in [2.75, 3.05) is 0 Å². The van der Waals surface area contributed by atoms with Crippen LogP contribution in [0.5, 0.6) is 5.75 Å². The van der Waals surface area contributed by atoms with E-state index in [1.165, 1.54) is 6.07 Å². The van der Waals surface area contributed by atoms with Crippen molar-refractivity contribution in [3.8, 4) is 5.75 Å². The van der Waals surface area contributed by atoms with Gasteiger partial charge in [0, 0.05) is 12.5 Å². The van der Waals surface area contributed by atoms with E-state index >= 15 is 0 Å². The first kappa shape index (κ1) is 17.5. The topological polar surface area (TPSA) is 115 Å². The van der Waals surface area contributed by atoms with Crippen molar-refractivity contribution in [1.82, 2.24) is 15.5 Å². The molecule has 1 aromatic heterocycles. The fourth-order valence-electron chi connectivity index (χ4n) is 2.01. The minimum Gasteiger partial charge on any atom is -0.485 e. The summed E-state index contributed by atoms with van der Waals surface area (Å²) < 4.78 is 10.4. The van der Waals surface area contributed by atoms with E-state index in [-0.39, 0.29) is 12.5 Å². The van der Waals surface area contributed by atoms with Crippen LogP contribution in [0.2, 0.25) is 0 Å². The number of aromatic nitrogens is 2. The average molecular weight is 333 g/mol. The highest BCUT2D eigenvalue weighted by Gasteiger charge is 2.24. The Morgan fingerprint density at radius 2 is 2.12 bits per heavy atom. The van der Waals surface area contributed by atoms with Gasteiger partial charge in [-0.15, -0.1) is 0 Å². The number of carbonyl (C=O) groups is 2. The van der Waals surface area contributed by atoms with Crippen LogP contribution >= 0.6 is 0 Å². The Morgan fingerprint density at radius 1 is 1.38 bits per heavy atom. The van der Waals surface area contributed by atoms with E-state index in [2.05, 4.69) is 15.5 Å². The molecule has 8 nitrogen and oxygen atoms in total. The molecular formula is C16H19N3O5. The predicted octanol–water partition coefficient (Wildman–Crippen LogP) is 1.80. The molecule has 2 rings (SSSR count). The zero-order valence-electron chi connectivity index (χ0n) is 13.6. The lowest BCUT2D eigenvalue weighted by atomic mass is 10.0. The summed E-state index contributed by atoms with van der Waals surface area (Å²) >= 11 is 0. The van der Waals surface area contributed by atoms with Crippen molar-refractivity contribution in [3.63, 3.8) is 0 Å². The number of amides is 1. The van der Waals surface area contributed by atoms with E-state index in [4.69, 9.17) is 14.4 Å². The SMILES string of the molecule is Cc1nc(COc2cccc(C(=O)N[C@H](C(=O)O)C(C)C)c2)no1. The molecule has 0 aliphatic carbocycles. The summed E-state index contributed by atoms with van der Waals surface area (Å²) in [5.41, 5.74) is 0.309. The summed E-state index contributed by atoms with van der Waals surface area (Å²) in [4.78, 5) is 27.4. The molecule has 0 aliphatic heterocycles. The van der Waals surface area contributed by atoms with Crippen molar-refractivity contribution < 1.29 is 24.0 Å². The van der Waals surface area contributed by atoms with Crippen LogP contribution < -0.4 is 10.1 Å². The minimum absolute atomic E-state index is 0.103. The van der Waals surface area contributed by atoms with Gasteiger partial charge in [0.25, 0.3) is 5.91 Å². The molecule has 2 aromatic rings. The van der Waals surface area contributed by atoms with E-state index in [0.29, 0.717) is 23.0 Å². The van der Waals surface area contributed by atoms with Crippen molar-refractivity contribution in [3.05, 3.63) is 41.5 Å². The molecule has 0 aliphatic rings. The second-order valence-corrected chi connectivity index (χ2v) is 5.58. The Labute approximate surface area is 138 Å². The number of aryl methyl sites for hydroxylation is 1. The Hall–Kier alpha value is -2.90. The molecule has 0 bridgehead atoms. The first-order valence-corrected chi connectivity index (χ1v) is 7.42. The fourth-order valence-corrected chi connectivity index (χ4v) is 2.01. The maximum atomic E-state index is 12.2. The van der Waals surface area contributed by atoms with Crippen molar-refractivity contribution in [2.45, 2.75) is 33.4 Å². The summed E-state index contributed by atoms with van der Waals surface area (Å²) in [5.74, 6) is -0.493. The lowest BCUT2D eigenvalue weighted by molar-refractivity contribution is -0.140. The highest BCUT2D eigenvalue weighted by Crippen LogP contribution is 2.15. The number of hydrogen-bond acceptors (Lipinski definition) is 6. The maximum absolute atomic E-state index is 12.2. The van der Waals surface area contributed by atoms with Gasteiger partial charge < -0.3 is 19.7 Å². The molecule has 0 fully saturated rings. The van der Waals surface area contributed by atoms with Gasteiger partial charge in [-0.1, -0.05) is 25.1 Å². The predicted molar refractivity (Wildman–Crippen MR) is 83.5 cm³/mol. The van der Waals surface area contributed by atoms with Crippen LogP contribution in [-0.4, -0.2) is 33.2 Å². The van der Waals surface area contributed by atoms with Crippen LogP contribution in [0.25, 0.3) is 0 Å². The normalized spacial score (nSPS) is 12.0. The third kappa shape index (κ3) is 4.55. The highest BCUT2D eigenvalue weighted by atomic mass is 16.5. The van der Waals surface area contributed by atoms with Gasteiger partial charge in [-0.2, -0.15) is 4.98 Å². The Kier molecular flexibility index (Phi) is 5.51. The molecule has 0 saturated carbocycles. The Bertz CT molecular complexity index is 726. The van der Waals surface area contributed by atoms with Gasteiger partial charge in [0.2, 0.25) is 11.7 Å². The second-order valence-electron chi connectivity index (χ2n) is 5.58. The van der Waals surface area contributed by atoms with Gasteiger partial charge >= 0.3 is 5.97 Å². The van der Waals surface area contributed by atoms with Crippen LogP contribution in [0.3, 0.4) is 0 Å². The molecule has 1 aromatic carbocycles. The quantitative estimate of drug-likeness (QED) is 0.794. The van der Waals surface area contributed by atoms with E-state index in [0.717, 1.165) is 0 Å². The zero-order valence-corrected chi connectivity index (χ0v) is 13.6. The van der Waals surface area contributed by atoms with Gasteiger partial charge in [0.1, 0.15) is 11.8 Å². The summed E-state index contributed by atoms with van der Waals surface area (Å²) in [6.07, 6.45) is 0. The number of carbonyl (C=O) groups excluding carboxylic acids is 1. The van der Waals surface area contributed by atoms with Gasteiger partial charge in [-0.05, 0) is 24.1 Å². The number of nitrogens with one attached hydrogen (secondary N) is 1. The number of carboxylic acid groups (broad SMARTS) is 1. The Morgan fingerprint density at radius 3 is 2.71 bits per heavy atom. The first-order chi connectivity index (χ1) is 11.4. The van der Waals surface area contributed by atoms with Crippen LogP contribution in [0.1, 0.15) is 35.9 Å². The average Bonchev–Trinajstić information content (AvgIpc) is 2.95. The van der Waals surface area contributed by atoms with E-state index in [9.17, 15) is 9.59 Å². The van der Waals surface area contributed by atoms with Gasteiger partial charge in [0.15, 0.2) is 6.61 Å². The molecule has 128 valence electrons. The third-order valence-corrected chi connectivity index (χ3v) is 3.25. The minimum atomic E-state index is -1.07. The molecule has 1 atom stereocenters. The molecule has 1 amide bonds. The molecule has 8 heteroatoms. The standard InChI is InChI=1S/C16H19N3O5/c1-9(2)14(16(21)22)18-15(20)11-5-4-6-12(7-11)23-8-13-17-10(3)24-19-13/h4-7,9,14H,8H2,1-3H3,(H,18,20)(H,21,22)/t14-/m0/s1.